The summed E-state index contributed by atoms with van der Waals surface area (Å²) in [6.07, 6.45) is 14.1. The lowest BCUT2D eigenvalue weighted by molar-refractivity contribution is 0.208. The molecule has 0 aliphatic rings. The van der Waals surface area contributed by atoms with Gasteiger partial charge in [-0.1, -0.05) is 99.0 Å². The van der Waals surface area contributed by atoms with Gasteiger partial charge in [-0.3, -0.25) is 0 Å². The van der Waals surface area contributed by atoms with Crippen molar-refractivity contribution >= 4 is 17.0 Å². The first kappa shape index (κ1) is 19.2. The van der Waals surface area contributed by atoms with E-state index in [0.29, 0.717) is 0 Å². The fraction of sp³-hybridized carbons (Fsp3) is 0.280. The van der Waals surface area contributed by atoms with E-state index in [1.807, 2.05) is 18.2 Å². The number of para-hydroxylation sites is 1. The SMILES string of the molecule is CCCCCC(O)C=CC=Cc1cn(Cc2ccccc2)c2ccccc12. The highest BCUT2D eigenvalue weighted by Crippen LogP contribution is 2.23. The van der Waals surface area contributed by atoms with Crippen LogP contribution in [0.3, 0.4) is 0 Å². The Labute approximate surface area is 162 Å². The lowest BCUT2D eigenvalue weighted by Crippen LogP contribution is -2.00. The predicted octanol–water partition coefficient (Wildman–Crippen LogP) is 6.20. The number of allylic oxidation sites excluding steroid dienone is 2. The average Bonchev–Trinajstić information content (AvgIpc) is 3.04. The van der Waals surface area contributed by atoms with Crippen molar-refractivity contribution in [3.8, 4) is 0 Å². The van der Waals surface area contributed by atoms with E-state index in [-0.39, 0.29) is 6.10 Å². The zero-order chi connectivity index (χ0) is 18.9. The van der Waals surface area contributed by atoms with Crippen LogP contribution in [0.5, 0.6) is 0 Å². The van der Waals surface area contributed by atoms with E-state index in [2.05, 4.69) is 78.4 Å². The molecule has 0 aliphatic carbocycles. The van der Waals surface area contributed by atoms with Gasteiger partial charge in [0.2, 0.25) is 0 Å². The molecule has 0 aliphatic heterocycles. The molecule has 3 aromatic rings. The van der Waals surface area contributed by atoms with Crippen molar-refractivity contribution in [2.45, 2.75) is 45.3 Å². The molecule has 1 atom stereocenters. The summed E-state index contributed by atoms with van der Waals surface area (Å²) >= 11 is 0. The van der Waals surface area contributed by atoms with E-state index < -0.39 is 0 Å². The Bertz CT molecular complexity index is 889. The molecule has 0 saturated carbocycles. The molecule has 1 unspecified atom stereocenters. The number of fused-ring (bicyclic) bond motifs is 1. The standard InChI is InChI=1S/C25H29NO/c1-2-3-5-15-23(27)16-9-8-14-22-20-26(19-21-12-6-4-7-13-21)25-18-11-10-17-24(22)25/h4,6-14,16-18,20,23,27H,2-3,5,15,19H2,1H3. The molecule has 0 amide bonds. The summed E-state index contributed by atoms with van der Waals surface area (Å²) < 4.78 is 2.30. The maximum Gasteiger partial charge on any atom is 0.0723 e. The Hall–Kier alpha value is -2.58. The zero-order valence-electron chi connectivity index (χ0n) is 16.1. The largest absolute Gasteiger partial charge is 0.389 e. The Morgan fingerprint density at radius 2 is 1.74 bits per heavy atom. The Morgan fingerprint density at radius 3 is 2.56 bits per heavy atom. The van der Waals surface area contributed by atoms with Crippen LogP contribution < -0.4 is 0 Å². The predicted molar refractivity (Wildman–Crippen MR) is 116 cm³/mol. The average molecular weight is 360 g/mol. The molecule has 1 N–H and O–H groups in total. The van der Waals surface area contributed by atoms with Gasteiger partial charge in [-0.05, 0) is 23.6 Å². The van der Waals surface area contributed by atoms with Crippen LogP contribution in [0.4, 0.5) is 0 Å². The number of aliphatic hydroxyl groups is 1. The lowest BCUT2D eigenvalue weighted by Gasteiger charge is -2.05. The minimum Gasteiger partial charge on any atom is -0.389 e. The number of aromatic nitrogens is 1. The van der Waals surface area contributed by atoms with Crippen LogP contribution in [0, 0.1) is 0 Å². The van der Waals surface area contributed by atoms with Crippen LogP contribution in [-0.2, 0) is 6.54 Å². The van der Waals surface area contributed by atoms with Crippen LogP contribution >= 0.6 is 0 Å². The molecule has 0 bridgehead atoms. The molecule has 2 aromatic carbocycles. The van der Waals surface area contributed by atoms with E-state index >= 15 is 0 Å². The number of hydrogen-bond donors (Lipinski definition) is 1. The van der Waals surface area contributed by atoms with Crippen LogP contribution in [0.25, 0.3) is 17.0 Å². The van der Waals surface area contributed by atoms with Gasteiger partial charge < -0.3 is 9.67 Å². The third-order valence-electron chi connectivity index (χ3n) is 4.84. The summed E-state index contributed by atoms with van der Waals surface area (Å²) in [6.45, 7) is 3.04. The van der Waals surface area contributed by atoms with Crippen molar-refractivity contribution in [2.24, 2.45) is 0 Å². The first-order chi connectivity index (χ1) is 13.3. The van der Waals surface area contributed by atoms with Gasteiger partial charge in [0.05, 0.1) is 6.10 Å². The number of unbranched alkanes of at least 4 members (excludes halogenated alkanes) is 2. The van der Waals surface area contributed by atoms with Gasteiger partial charge >= 0.3 is 0 Å². The van der Waals surface area contributed by atoms with Gasteiger partial charge in [-0.15, -0.1) is 0 Å². The van der Waals surface area contributed by atoms with E-state index in [1.54, 1.807) is 0 Å². The molecule has 140 valence electrons. The Kier molecular flexibility index (Phi) is 7.06. The molecular formula is C25H29NO. The van der Waals surface area contributed by atoms with Gasteiger partial charge in [0.15, 0.2) is 0 Å². The summed E-state index contributed by atoms with van der Waals surface area (Å²) in [4.78, 5) is 0. The van der Waals surface area contributed by atoms with Gasteiger partial charge in [0, 0.05) is 23.6 Å². The highest BCUT2D eigenvalue weighted by Gasteiger charge is 2.06. The molecule has 0 fully saturated rings. The summed E-state index contributed by atoms with van der Waals surface area (Å²) in [5, 5.41) is 11.2. The molecule has 0 spiro atoms. The van der Waals surface area contributed by atoms with Gasteiger partial charge in [-0.25, -0.2) is 0 Å². The number of aliphatic hydroxyl groups excluding tert-OH is 1. The third-order valence-corrected chi connectivity index (χ3v) is 4.84. The highest BCUT2D eigenvalue weighted by molar-refractivity contribution is 5.89. The van der Waals surface area contributed by atoms with E-state index in [1.165, 1.54) is 34.9 Å². The first-order valence-electron chi connectivity index (χ1n) is 9.92. The molecule has 2 nitrogen and oxygen atoms in total. The van der Waals surface area contributed by atoms with Crippen molar-refractivity contribution < 1.29 is 5.11 Å². The van der Waals surface area contributed by atoms with Crippen LogP contribution in [0.1, 0.15) is 43.7 Å². The van der Waals surface area contributed by atoms with Crippen LogP contribution in [-0.4, -0.2) is 15.8 Å². The summed E-state index contributed by atoms with van der Waals surface area (Å²) in [7, 11) is 0. The molecular weight excluding hydrogens is 330 g/mol. The fourth-order valence-electron chi connectivity index (χ4n) is 3.37. The Balaban J connectivity index is 1.73. The second-order valence-corrected chi connectivity index (χ2v) is 7.02. The smallest absolute Gasteiger partial charge is 0.0723 e. The van der Waals surface area contributed by atoms with Crippen molar-refractivity contribution in [3.63, 3.8) is 0 Å². The zero-order valence-corrected chi connectivity index (χ0v) is 16.1. The minimum absolute atomic E-state index is 0.347. The second-order valence-electron chi connectivity index (χ2n) is 7.02. The first-order valence-corrected chi connectivity index (χ1v) is 9.92. The second kappa shape index (κ2) is 9.94. The van der Waals surface area contributed by atoms with Crippen molar-refractivity contribution in [1.29, 1.82) is 0 Å². The van der Waals surface area contributed by atoms with E-state index in [4.69, 9.17) is 0 Å². The molecule has 2 heteroatoms. The maximum absolute atomic E-state index is 9.99. The van der Waals surface area contributed by atoms with Crippen molar-refractivity contribution in [2.75, 3.05) is 0 Å². The molecule has 0 saturated heterocycles. The van der Waals surface area contributed by atoms with E-state index in [9.17, 15) is 5.11 Å². The summed E-state index contributed by atoms with van der Waals surface area (Å²) in [6, 6.07) is 19.0. The lowest BCUT2D eigenvalue weighted by atomic mass is 10.1. The molecule has 0 radical (unpaired) electrons. The normalized spacial score (nSPS) is 13.1. The minimum atomic E-state index is -0.347. The number of benzene rings is 2. The quantitative estimate of drug-likeness (QED) is 0.357. The summed E-state index contributed by atoms with van der Waals surface area (Å²) in [5.74, 6) is 0. The van der Waals surface area contributed by atoms with Gasteiger partial charge in [-0.2, -0.15) is 0 Å². The van der Waals surface area contributed by atoms with E-state index in [0.717, 1.165) is 19.4 Å². The highest BCUT2D eigenvalue weighted by atomic mass is 16.3. The topological polar surface area (TPSA) is 25.2 Å². The molecule has 27 heavy (non-hydrogen) atoms. The number of hydrogen-bond acceptors (Lipinski definition) is 1. The Morgan fingerprint density at radius 1 is 0.963 bits per heavy atom. The molecule has 1 heterocycles. The van der Waals surface area contributed by atoms with Crippen molar-refractivity contribution in [3.05, 3.63) is 90.1 Å². The van der Waals surface area contributed by atoms with Crippen LogP contribution in [0.15, 0.2) is 79.0 Å². The third kappa shape index (κ3) is 5.45. The number of nitrogens with zero attached hydrogens (tertiary/aromatic N) is 1. The van der Waals surface area contributed by atoms with Gasteiger partial charge in [0.1, 0.15) is 0 Å². The molecule has 1 aromatic heterocycles. The summed E-state index contributed by atoms with van der Waals surface area (Å²) in [5.41, 5.74) is 3.74. The van der Waals surface area contributed by atoms with Crippen LogP contribution in [0.2, 0.25) is 0 Å². The van der Waals surface area contributed by atoms with Gasteiger partial charge in [0.25, 0.3) is 0 Å². The fourth-order valence-corrected chi connectivity index (χ4v) is 3.37. The number of rotatable bonds is 9. The monoisotopic (exact) mass is 359 g/mol. The van der Waals surface area contributed by atoms with Crippen molar-refractivity contribution in [1.82, 2.24) is 4.57 Å². The molecule has 3 rings (SSSR count). The maximum atomic E-state index is 9.99.